The molecule has 2 fully saturated rings. The zero-order valence-electron chi connectivity index (χ0n) is 12.3. The van der Waals surface area contributed by atoms with Gasteiger partial charge < -0.3 is 5.11 Å². The number of hydrogen-bond acceptors (Lipinski definition) is 2. The Hall–Kier alpha value is -0.870. The second-order valence-electron chi connectivity index (χ2n) is 6.38. The molecule has 3 nitrogen and oxygen atoms in total. The number of likely N-dealkylation sites (tertiary alicyclic amines) is 1. The summed E-state index contributed by atoms with van der Waals surface area (Å²) in [7, 11) is 0. The van der Waals surface area contributed by atoms with Gasteiger partial charge in [-0.25, -0.2) is 0 Å². The molecule has 3 rings (SSSR count). The standard InChI is InChI=1S/C17H22BrNO2/c1-11(12-6-8-14(18)9-7-12)19-15-5-3-2-4-13(15)10-16(19)17(20)21/h6-9,11,13,15-16H,2-5,10H2,1H3,(H,20,21). The molecule has 0 bridgehead atoms. The monoisotopic (exact) mass is 351 g/mol. The van der Waals surface area contributed by atoms with E-state index in [0.29, 0.717) is 12.0 Å². The van der Waals surface area contributed by atoms with Crippen molar-refractivity contribution in [3.63, 3.8) is 0 Å². The molecule has 1 heterocycles. The topological polar surface area (TPSA) is 40.5 Å². The summed E-state index contributed by atoms with van der Waals surface area (Å²) in [6.07, 6.45) is 5.65. The molecule has 0 radical (unpaired) electrons. The molecular weight excluding hydrogens is 330 g/mol. The van der Waals surface area contributed by atoms with Crippen LogP contribution < -0.4 is 0 Å². The second-order valence-corrected chi connectivity index (χ2v) is 7.29. The predicted octanol–water partition coefficient (Wildman–Crippen LogP) is 4.23. The first kappa shape index (κ1) is 15.0. The van der Waals surface area contributed by atoms with E-state index in [4.69, 9.17) is 0 Å². The van der Waals surface area contributed by atoms with E-state index in [0.717, 1.165) is 17.3 Å². The smallest absolute Gasteiger partial charge is 0.320 e. The number of halogens is 1. The van der Waals surface area contributed by atoms with Gasteiger partial charge in [0.15, 0.2) is 0 Å². The highest BCUT2D eigenvalue weighted by Crippen LogP contribution is 2.44. The summed E-state index contributed by atoms with van der Waals surface area (Å²) in [4.78, 5) is 14.0. The number of hydrogen-bond donors (Lipinski definition) is 1. The van der Waals surface area contributed by atoms with Crippen molar-refractivity contribution in [2.75, 3.05) is 0 Å². The third kappa shape index (κ3) is 2.88. The number of aliphatic carboxylic acids is 1. The Morgan fingerprint density at radius 1 is 1.29 bits per heavy atom. The Bertz CT molecular complexity index is 516. The maximum atomic E-state index is 11.7. The Morgan fingerprint density at radius 2 is 1.95 bits per heavy atom. The van der Waals surface area contributed by atoms with Crippen LogP contribution in [-0.4, -0.2) is 28.1 Å². The van der Waals surface area contributed by atoms with Crippen molar-refractivity contribution in [3.05, 3.63) is 34.3 Å². The average molecular weight is 352 g/mol. The summed E-state index contributed by atoms with van der Waals surface area (Å²) in [5.41, 5.74) is 1.20. The fourth-order valence-electron chi connectivity index (χ4n) is 4.19. The number of benzene rings is 1. The zero-order valence-corrected chi connectivity index (χ0v) is 13.9. The van der Waals surface area contributed by atoms with Crippen molar-refractivity contribution in [1.82, 2.24) is 4.90 Å². The van der Waals surface area contributed by atoms with Crippen LogP contribution in [0.25, 0.3) is 0 Å². The Balaban J connectivity index is 1.88. The van der Waals surface area contributed by atoms with Crippen LogP contribution in [0.4, 0.5) is 0 Å². The summed E-state index contributed by atoms with van der Waals surface area (Å²) in [5.74, 6) is -0.0916. The molecule has 4 unspecified atom stereocenters. The second kappa shape index (κ2) is 6.09. The first-order chi connectivity index (χ1) is 10.1. The van der Waals surface area contributed by atoms with Gasteiger partial charge in [0.05, 0.1) is 0 Å². The number of nitrogens with zero attached hydrogens (tertiary/aromatic N) is 1. The van der Waals surface area contributed by atoms with E-state index in [-0.39, 0.29) is 12.1 Å². The lowest BCUT2D eigenvalue weighted by Gasteiger charge is -2.37. The Morgan fingerprint density at radius 3 is 2.62 bits per heavy atom. The molecule has 2 aliphatic rings. The summed E-state index contributed by atoms with van der Waals surface area (Å²) in [6.45, 7) is 2.15. The van der Waals surface area contributed by atoms with Crippen LogP contribution in [0.15, 0.2) is 28.7 Å². The van der Waals surface area contributed by atoms with Gasteiger partial charge in [-0.1, -0.05) is 40.9 Å². The molecule has 114 valence electrons. The minimum Gasteiger partial charge on any atom is -0.480 e. The van der Waals surface area contributed by atoms with Gasteiger partial charge in [-0.2, -0.15) is 0 Å². The van der Waals surface area contributed by atoms with Crippen LogP contribution >= 0.6 is 15.9 Å². The molecule has 0 aromatic heterocycles. The Labute approximate surface area is 134 Å². The molecule has 0 spiro atoms. The molecule has 21 heavy (non-hydrogen) atoms. The van der Waals surface area contributed by atoms with Crippen LogP contribution in [0.2, 0.25) is 0 Å². The highest BCUT2D eigenvalue weighted by Gasteiger charge is 2.47. The first-order valence-corrected chi connectivity index (χ1v) is 8.63. The van der Waals surface area contributed by atoms with Crippen LogP contribution in [0, 0.1) is 5.92 Å². The van der Waals surface area contributed by atoms with E-state index >= 15 is 0 Å². The van der Waals surface area contributed by atoms with Crippen LogP contribution in [-0.2, 0) is 4.79 Å². The maximum absolute atomic E-state index is 11.7. The number of rotatable bonds is 3. The van der Waals surface area contributed by atoms with Gasteiger partial charge in [-0.3, -0.25) is 9.69 Å². The lowest BCUT2D eigenvalue weighted by atomic mass is 9.84. The molecule has 1 aliphatic carbocycles. The van der Waals surface area contributed by atoms with Crippen LogP contribution in [0.5, 0.6) is 0 Å². The van der Waals surface area contributed by atoms with Gasteiger partial charge in [0.2, 0.25) is 0 Å². The molecule has 1 aliphatic heterocycles. The van der Waals surface area contributed by atoms with E-state index in [1.165, 1.54) is 24.8 Å². The minimum absolute atomic E-state index is 0.160. The van der Waals surface area contributed by atoms with Gasteiger partial charge in [-0.15, -0.1) is 0 Å². The van der Waals surface area contributed by atoms with Crippen LogP contribution in [0.3, 0.4) is 0 Å². The van der Waals surface area contributed by atoms with Gasteiger partial charge in [0.1, 0.15) is 6.04 Å². The van der Waals surface area contributed by atoms with E-state index < -0.39 is 5.97 Å². The molecule has 1 saturated carbocycles. The maximum Gasteiger partial charge on any atom is 0.320 e. The van der Waals surface area contributed by atoms with Gasteiger partial charge in [-0.05, 0) is 49.8 Å². The van der Waals surface area contributed by atoms with Gasteiger partial charge in [0, 0.05) is 16.6 Å². The van der Waals surface area contributed by atoms with Crippen molar-refractivity contribution in [1.29, 1.82) is 0 Å². The average Bonchev–Trinajstić information content (AvgIpc) is 2.87. The molecule has 4 atom stereocenters. The fraction of sp³-hybridized carbons (Fsp3) is 0.588. The number of carbonyl (C=O) groups is 1. The molecule has 1 aromatic rings. The zero-order chi connectivity index (χ0) is 15.0. The Kier molecular flexibility index (Phi) is 4.36. The largest absolute Gasteiger partial charge is 0.480 e. The molecule has 4 heteroatoms. The normalized spacial score (nSPS) is 30.9. The fourth-order valence-corrected chi connectivity index (χ4v) is 4.46. The number of fused-ring (bicyclic) bond motifs is 1. The SMILES string of the molecule is CC(c1ccc(Br)cc1)N1C(C(=O)O)CC2CCCCC21. The van der Waals surface area contributed by atoms with E-state index in [1.54, 1.807) is 0 Å². The van der Waals surface area contributed by atoms with Crippen molar-refractivity contribution in [2.45, 2.75) is 57.2 Å². The predicted molar refractivity (Wildman–Crippen MR) is 86.2 cm³/mol. The molecule has 1 saturated heterocycles. The van der Waals surface area contributed by atoms with Crippen molar-refractivity contribution in [2.24, 2.45) is 5.92 Å². The van der Waals surface area contributed by atoms with Crippen LogP contribution in [0.1, 0.15) is 50.6 Å². The van der Waals surface area contributed by atoms with Crippen molar-refractivity contribution < 1.29 is 9.90 Å². The van der Waals surface area contributed by atoms with Crippen molar-refractivity contribution >= 4 is 21.9 Å². The summed E-state index contributed by atoms with van der Waals surface area (Å²) < 4.78 is 1.06. The summed E-state index contributed by atoms with van der Waals surface area (Å²) in [5, 5.41) is 9.62. The highest BCUT2D eigenvalue weighted by molar-refractivity contribution is 9.10. The van der Waals surface area contributed by atoms with Gasteiger partial charge in [0.25, 0.3) is 0 Å². The van der Waals surface area contributed by atoms with Crippen molar-refractivity contribution in [3.8, 4) is 0 Å². The third-order valence-electron chi connectivity index (χ3n) is 5.22. The lowest BCUT2D eigenvalue weighted by molar-refractivity contribution is -0.143. The summed E-state index contributed by atoms with van der Waals surface area (Å²) in [6, 6.07) is 8.56. The minimum atomic E-state index is -0.659. The molecule has 0 amide bonds. The third-order valence-corrected chi connectivity index (χ3v) is 5.75. The first-order valence-electron chi connectivity index (χ1n) is 7.83. The van der Waals surface area contributed by atoms with E-state index in [2.05, 4.69) is 39.9 Å². The lowest BCUT2D eigenvalue weighted by Crippen LogP contribution is -2.43. The highest BCUT2D eigenvalue weighted by atomic mass is 79.9. The van der Waals surface area contributed by atoms with E-state index in [9.17, 15) is 9.90 Å². The quantitative estimate of drug-likeness (QED) is 0.885. The number of carboxylic acid groups (broad SMARTS) is 1. The summed E-state index contributed by atoms with van der Waals surface area (Å²) >= 11 is 3.46. The van der Waals surface area contributed by atoms with Gasteiger partial charge >= 0.3 is 5.97 Å². The molecule has 1 N–H and O–H groups in total. The number of carboxylic acids is 1. The molecule has 1 aromatic carbocycles. The molecular formula is C17H22BrNO2. The van der Waals surface area contributed by atoms with E-state index in [1.807, 2.05) is 12.1 Å².